The molecule has 0 radical (unpaired) electrons. The van der Waals surface area contributed by atoms with Gasteiger partial charge in [0.15, 0.2) is 0 Å². The first-order valence-electron chi connectivity index (χ1n) is 8.23. The number of H-pyrrole nitrogens is 1. The fourth-order valence-corrected chi connectivity index (χ4v) is 3.70. The topological polar surface area (TPSA) is 92.0 Å². The minimum Gasteiger partial charge on any atom is -0.494 e. The molecule has 3 heterocycles. The van der Waals surface area contributed by atoms with E-state index in [0.717, 1.165) is 37.7 Å². The predicted octanol–water partition coefficient (Wildman–Crippen LogP) is 0.814. The average molecular weight is 340 g/mol. The molecule has 0 saturated heterocycles. The zero-order valence-electron chi connectivity index (χ0n) is 14.4. The van der Waals surface area contributed by atoms with E-state index in [1.807, 2.05) is 19.1 Å². The van der Waals surface area contributed by atoms with Crippen molar-refractivity contribution in [3.8, 4) is 5.88 Å². The Hall–Kier alpha value is -2.80. The van der Waals surface area contributed by atoms with Gasteiger partial charge >= 0.3 is 5.69 Å². The van der Waals surface area contributed by atoms with Gasteiger partial charge in [0.05, 0.1) is 6.04 Å². The number of hydrogen-bond donors (Lipinski definition) is 3. The van der Waals surface area contributed by atoms with Crippen LogP contribution in [0.4, 0.5) is 0 Å². The molecule has 3 N–H and O–H groups in total. The van der Waals surface area contributed by atoms with Crippen LogP contribution in [0.1, 0.15) is 28.4 Å². The summed E-state index contributed by atoms with van der Waals surface area (Å²) in [6.07, 6.45) is 0.835. The highest BCUT2D eigenvalue weighted by molar-refractivity contribution is 5.86. The molecule has 1 aliphatic heterocycles. The highest BCUT2D eigenvalue weighted by atomic mass is 16.3. The minimum absolute atomic E-state index is 0.189. The molecule has 0 aliphatic carbocycles. The van der Waals surface area contributed by atoms with Crippen molar-refractivity contribution in [2.45, 2.75) is 19.4 Å². The van der Waals surface area contributed by atoms with Crippen molar-refractivity contribution in [1.82, 2.24) is 19.4 Å². The largest absolute Gasteiger partial charge is 0.494 e. The summed E-state index contributed by atoms with van der Waals surface area (Å²) in [6, 6.07) is 5.71. The van der Waals surface area contributed by atoms with Crippen LogP contribution in [-0.2, 0) is 20.5 Å². The zero-order valence-corrected chi connectivity index (χ0v) is 14.4. The molecule has 1 aromatic carbocycles. The van der Waals surface area contributed by atoms with Gasteiger partial charge in [0.1, 0.15) is 5.56 Å². The Kier molecular flexibility index (Phi) is 3.36. The quantitative estimate of drug-likeness (QED) is 0.611. The molecule has 4 rings (SSSR count). The maximum atomic E-state index is 12.7. The molecule has 25 heavy (non-hydrogen) atoms. The van der Waals surface area contributed by atoms with Gasteiger partial charge in [-0.1, -0.05) is 11.6 Å². The smallest absolute Gasteiger partial charge is 0.333 e. The molecule has 7 nitrogen and oxygen atoms in total. The van der Waals surface area contributed by atoms with Crippen LogP contribution in [0.2, 0.25) is 0 Å². The summed E-state index contributed by atoms with van der Waals surface area (Å²) >= 11 is 0. The van der Waals surface area contributed by atoms with Gasteiger partial charge in [0.25, 0.3) is 5.56 Å². The molecule has 1 atom stereocenters. The summed E-state index contributed by atoms with van der Waals surface area (Å²) in [5.41, 5.74) is 3.36. The Morgan fingerprint density at radius 3 is 2.72 bits per heavy atom. The summed E-state index contributed by atoms with van der Waals surface area (Å²) in [6.45, 7) is 2.73. The van der Waals surface area contributed by atoms with Gasteiger partial charge in [-0.2, -0.15) is 0 Å². The number of aromatic amines is 1. The number of fused-ring (bicyclic) bond motifs is 3. The first kappa shape index (κ1) is 15.7. The van der Waals surface area contributed by atoms with Crippen LogP contribution in [0.3, 0.4) is 0 Å². The zero-order chi connectivity index (χ0) is 17.9. The number of benzene rings is 1. The second-order valence-electron chi connectivity index (χ2n) is 6.65. The Morgan fingerprint density at radius 1 is 1.20 bits per heavy atom. The normalized spacial score (nSPS) is 17.0. The van der Waals surface area contributed by atoms with Gasteiger partial charge in [-0.3, -0.25) is 13.9 Å². The first-order chi connectivity index (χ1) is 11.9. The molecule has 2 aromatic heterocycles. The number of aryl methyl sites for hydroxylation is 1. The molecule has 0 bridgehead atoms. The molecule has 1 unspecified atom stereocenters. The summed E-state index contributed by atoms with van der Waals surface area (Å²) in [5, 5.41) is 14.9. The van der Waals surface area contributed by atoms with Gasteiger partial charge in [-0.15, -0.1) is 0 Å². The Morgan fingerprint density at radius 2 is 1.96 bits per heavy atom. The first-order valence-corrected chi connectivity index (χ1v) is 8.23. The van der Waals surface area contributed by atoms with Gasteiger partial charge in [0, 0.05) is 37.2 Å². The predicted molar refractivity (Wildman–Crippen MR) is 95.2 cm³/mol. The third-order valence-electron chi connectivity index (χ3n) is 5.06. The third kappa shape index (κ3) is 2.16. The van der Waals surface area contributed by atoms with Gasteiger partial charge in [-0.25, -0.2) is 4.79 Å². The van der Waals surface area contributed by atoms with Crippen molar-refractivity contribution in [1.29, 1.82) is 0 Å². The summed E-state index contributed by atoms with van der Waals surface area (Å²) < 4.78 is 2.12. The van der Waals surface area contributed by atoms with Crippen molar-refractivity contribution in [2.75, 3.05) is 6.54 Å². The van der Waals surface area contributed by atoms with Gasteiger partial charge in [0.2, 0.25) is 5.88 Å². The van der Waals surface area contributed by atoms with Crippen molar-refractivity contribution in [2.24, 2.45) is 14.1 Å². The van der Waals surface area contributed by atoms with Gasteiger partial charge in [-0.05, 0) is 31.0 Å². The highest BCUT2D eigenvalue weighted by Gasteiger charge is 2.31. The maximum Gasteiger partial charge on any atom is 0.333 e. The van der Waals surface area contributed by atoms with Crippen molar-refractivity contribution in [3.63, 3.8) is 0 Å². The Bertz CT molecular complexity index is 1120. The lowest BCUT2D eigenvalue weighted by Crippen LogP contribution is -2.42. The van der Waals surface area contributed by atoms with Crippen LogP contribution in [0, 0.1) is 6.92 Å². The molecular formula is C18H20N4O3. The fourth-order valence-electron chi connectivity index (χ4n) is 3.70. The molecule has 3 aromatic rings. The van der Waals surface area contributed by atoms with Crippen LogP contribution in [0.5, 0.6) is 5.88 Å². The highest BCUT2D eigenvalue weighted by Crippen LogP contribution is 2.34. The molecule has 130 valence electrons. The monoisotopic (exact) mass is 340 g/mol. The summed E-state index contributed by atoms with van der Waals surface area (Å²) in [7, 11) is 2.88. The van der Waals surface area contributed by atoms with Crippen LogP contribution >= 0.6 is 0 Å². The Labute approximate surface area is 143 Å². The minimum atomic E-state index is -0.547. The Balaban J connectivity index is 2.01. The van der Waals surface area contributed by atoms with E-state index in [0.29, 0.717) is 6.54 Å². The molecule has 0 spiro atoms. The number of aromatic hydroxyl groups is 1. The number of rotatable bonds is 1. The number of nitrogens with zero attached hydrogens (tertiary/aromatic N) is 2. The van der Waals surface area contributed by atoms with Crippen LogP contribution < -0.4 is 16.6 Å². The number of aromatic nitrogens is 3. The molecule has 0 amide bonds. The van der Waals surface area contributed by atoms with Gasteiger partial charge < -0.3 is 15.4 Å². The van der Waals surface area contributed by atoms with E-state index in [1.165, 1.54) is 19.7 Å². The SMILES string of the molecule is Cc1ccc2[nH]c3c(c2c1)CCNC3c1c(O)n(C)c(=O)n(C)c1=O. The van der Waals surface area contributed by atoms with Crippen molar-refractivity contribution < 1.29 is 5.11 Å². The lowest BCUT2D eigenvalue weighted by Gasteiger charge is -2.25. The van der Waals surface area contributed by atoms with E-state index < -0.39 is 17.3 Å². The van der Waals surface area contributed by atoms with Crippen LogP contribution in [0.15, 0.2) is 27.8 Å². The van der Waals surface area contributed by atoms with Crippen LogP contribution in [-0.4, -0.2) is 25.8 Å². The molecular weight excluding hydrogens is 320 g/mol. The maximum absolute atomic E-state index is 12.7. The second-order valence-corrected chi connectivity index (χ2v) is 6.65. The molecule has 0 fully saturated rings. The molecule has 7 heteroatoms. The standard InChI is InChI=1S/C18H20N4O3/c1-9-4-5-12-11(8-9)10-6-7-19-15(14(10)20-12)13-16(23)21(2)18(25)22(3)17(13)24/h4-5,8,15,19-20,23H,6-7H2,1-3H3. The van der Waals surface area contributed by atoms with Crippen LogP contribution in [0.25, 0.3) is 10.9 Å². The number of nitrogens with one attached hydrogen (secondary N) is 2. The summed E-state index contributed by atoms with van der Waals surface area (Å²) in [4.78, 5) is 28.1. The van der Waals surface area contributed by atoms with E-state index in [4.69, 9.17) is 0 Å². The van der Waals surface area contributed by atoms with E-state index in [9.17, 15) is 14.7 Å². The van der Waals surface area contributed by atoms with E-state index >= 15 is 0 Å². The summed E-state index contributed by atoms with van der Waals surface area (Å²) in [5.74, 6) is -0.298. The lowest BCUT2D eigenvalue weighted by atomic mass is 9.95. The number of hydrogen-bond acceptors (Lipinski definition) is 4. The molecule has 1 aliphatic rings. The van der Waals surface area contributed by atoms with E-state index in [-0.39, 0.29) is 11.4 Å². The lowest BCUT2D eigenvalue weighted by molar-refractivity contribution is 0.391. The molecule has 0 saturated carbocycles. The average Bonchev–Trinajstić information content (AvgIpc) is 2.97. The second kappa shape index (κ2) is 5.35. The van der Waals surface area contributed by atoms with Crippen molar-refractivity contribution >= 4 is 10.9 Å². The van der Waals surface area contributed by atoms with E-state index in [1.54, 1.807) is 0 Å². The van der Waals surface area contributed by atoms with Crippen molar-refractivity contribution in [3.05, 3.63) is 61.4 Å². The third-order valence-corrected chi connectivity index (χ3v) is 5.06. The van der Waals surface area contributed by atoms with E-state index in [2.05, 4.69) is 16.4 Å². The fraction of sp³-hybridized carbons (Fsp3) is 0.333.